The molecule has 0 aromatic heterocycles. The van der Waals surface area contributed by atoms with Crippen LogP contribution >= 0.6 is 11.8 Å². The molecule has 0 saturated heterocycles. The van der Waals surface area contributed by atoms with Gasteiger partial charge in [-0.2, -0.15) is 0 Å². The van der Waals surface area contributed by atoms with E-state index in [0.29, 0.717) is 13.0 Å². The molecule has 1 aliphatic rings. The van der Waals surface area contributed by atoms with Gasteiger partial charge in [0.1, 0.15) is 5.84 Å². The van der Waals surface area contributed by atoms with E-state index >= 15 is 0 Å². The Morgan fingerprint density at radius 1 is 1.52 bits per heavy atom. The lowest BCUT2D eigenvalue weighted by atomic mass is 10.1. The van der Waals surface area contributed by atoms with Gasteiger partial charge in [-0.3, -0.25) is 4.79 Å². The van der Waals surface area contributed by atoms with Crippen molar-refractivity contribution in [3.63, 3.8) is 0 Å². The molecule has 0 fully saturated rings. The number of thioether (sulfide) groups is 1. The highest BCUT2D eigenvalue weighted by atomic mass is 32.2. The van der Waals surface area contributed by atoms with Crippen molar-refractivity contribution in [3.05, 3.63) is 29.8 Å². The number of carbonyl (C=O) groups excluding carboxylic acids is 1. The lowest BCUT2D eigenvalue weighted by Crippen LogP contribution is -2.43. The summed E-state index contributed by atoms with van der Waals surface area (Å²) >= 11 is 1.63. The van der Waals surface area contributed by atoms with Crippen molar-refractivity contribution in [2.75, 3.05) is 6.54 Å². The molecule has 1 aromatic rings. The number of hydrogen-bond donors (Lipinski definition) is 2. The molecule has 3 N–H and O–H groups in total. The summed E-state index contributed by atoms with van der Waals surface area (Å²) in [6.07, 6.45) is 1.15. The number of rotatable bonds is 5. The molecular formula is C15H21N3O2S. The van der Waals surface area contributed by atoms with Gasteiger partial charge in [0.15, 0.2) is 0 Å². The fourth-order valence-electron chi connectivity index (χ4n) is 2.41. The van der Waals surface area contributed by atoms with Crippen LogP contribution in [0.3, 0.4) is 0 Å². The first kappa shape index (κ1) is 15.7. The van der Waals surface area contributed by atoms with Crippen molar-refractivity contribution in [2.45, 2.75) is 42.9 Å². The van der Waals surface area contributed by atoms with Crippen LogP contribution in [0.5, 0.6) is 0 Å². The zero-order valence-electron chi connectivity index (χ0n) is 12.3. The van der Waals surface area contributed by atoms with Crippen LogP contribution in [-0.4, -0.2) is 39.7 Å². The third-order valence-corrected chi connectivity index (χ3v) is 4.87. The molecule has 0 spiro atoms. The minimum absolute atomic E-state index is 0.0721. The molecule has 5 nitrogen and oxygen atoms in total. The standard InChI is InChI=1S/C15H21N3O2S/c1-10(2)18(8-7-14(16)17-20)15(19)13-9-11-5-3-4-6-12(11)21-13/h3-6,10,13,20H,7-9H2,1-2H3,(H2,16,17). The summed E-state index contributed by atoms with van der Waals surface area (Å²) in [5.41, 5.74) is 6.74. The highest BCUT2D eigenvalue weighted by molar-refractivity contribution is 8.01. The van der Waals surface area contributed by atoms with Gasteiger partial charge in [0.25, 0.3) is 0 Å². The number of amidine groups is 1. The molecular weight excluding hydrogens is 286 g/mol. The molecule has 1 amide bonds. The highest BCUT2D eigenvalue weighted by Gasteiger charge is 2.32. The van der Waals surface area contributed by atoms with E-state index in [1.54, 1.807) is 11.8 Å². The lowest BCUT2D eigenvalue weighted by Gasteiger charge is -2.29. The Labute approximate surface area is 129 Å². The van der Waals surface area contributed by atoms with Crippen molar-refractivity contribution in [3.8, 4) is 0 Å². The molecule has 1 aliphatic heterocycles. The summed E-state index contributed by atoms with van der Waals surface area (Å²) in [6.45, 7) is 4.44. The molecule has 0 aliphatic carbocycles. The third-order valence-electron chi connectivity index (χ3n) is 3.57. The first-order valence-corrected chi connectivity index (χ1v) is 7.92. The number of hydrogen-bond acceptors (Lipinski definition) is 4. The average Bonchev–Trinajstić information content (AvgIpc) is 2.90. The Morgan fingerprint density at radius 3 is 2.86 bits per heavy atom. The van der Waals surface area contributed by atoms with E-state index in [4.69, 9.17) is 10.9 Å². The Bertz CT molecular complexity index is 520. The minimum Gasteiger partial charge on any atom is -0.409 e. The fourth-order valence-corrected chi connectivity index (χ4v) is 3.68. The number of nitrogens with zero attached hydrogens (tertiary/aromatic N) is 2. The van der Waals surface area contributed by atoms with Gasteiger partial charge < -0.3 is 15.8 Å². The molecule has 6 heteroatoms. The number of carbonyl (C=O) groups is 1. The molecule has 1 atom stereocenters. The second-order valence-corrected chi connectivity index (χ2v) is 6.63. The lowest BCUT2D eigenvalue weighted by molar-refractivity contribution is -0.132. The number of amides is 1. The zero-order chi connectivity index (χ0) is 15.4. The van der Waals surface area contributed by atoms with Gasteiger partial charge in [0.05, 0.1) is 5.25 Å². The number of benzene rings is 1. The Hall–Kier alpha value is -1.69. The average molecular weight is 307 g/mol. The van der Waals surface area contributed by atoms with Crippen LogP contribution in [0.4, 0.5) is 0 Å². The van der Waals surface area contributed by atoms with E-state index in [9.17, 15) is 4.79 Å². The summed E-state index contributed by atoms with van der Waals surface area (Å²) in [6, 6.07) is 8.23. The second kappa shape index (κ2) is 6.85. The molecule has 0 saturated carbocycles. The van der Waals surface area contributed by atoms with E-state index in [1.807, 2.05) is 30.9 Å². The predicted molar refractivity (Wildman–Crippen MR) is 84.7 cm³/mol. The topological polar surface area (TPSA) is 78.9 Å². The van der Waals surface area contributed by atoms with E-state index < -0.39 is 0 Å². The number of fused-ring (bicyclic) bond motifs is 1. The molecule has 1 heterocycles. The van der Waals surface area contributed by atoms with Crippen LogP contribution in [0.15, 0.2) is 34.3 Å². The van der Waals surface area contributed by atoms with Gasteiger partial charge in [0, 0.05) is 23.9 Å². The monoisotopic (exact) mass is 307 g/mol. The maximum absolute atomic E-state index is 12.7. The van der Waals surface area contributed by atoms with E-state index in [0.717, 1.165) is 6.42 Å². The third kappa shape index (κ3) is 3.69. The fraction of sp³-hybridized carbons (Fsp3) is 0.467. The minimum atomic E-state index is -0.0721. The van der Waals surface area contributed by atoms with Crippen molar-refractivity contribution in [1.82, 2.24) is 4.90 Å². The van der Waals surface area contributed by atoms with Crippen LogP contribution in [0, 0.1) is 0 Å². The molecule has 1 aromatic carbocycles. The summed E-state index contributed by atoms with van der Waals surface area (Å²) < 4.78 is 0. The van der Waals surface area contributed by atoms with Crippen LogP contribution in [0.1, 0.15) is 25.8 Å². The normalized spacial score (nSPS) is 17.9. The molecule has 1 unspecified atom stereocenters. The molecule has 0 bridgehead atoms. The van der Waals surface area contributed by atoms with Gasteiger partial charge in [-0.1, -0.05) is 23.4 Å². The van der Waals surface area contributed by atoms with Crippen LogP contribution < -0.4 is 5.73 Å². The largest absolute Gasteiger partial charge is 0.409 e. The van der Waals surface area contributed by atoms with Crippen molar-refractivity contribution in [2.24, 2.45) is 10.9 Å². The number of oxime groups is 1. The highest BCUT2D eigenvalue weighted by Crippen LogP contribution is 2.37. The quantitative estimate of drug-likeness (QED) is 0.378. The van der Waals surface area contributed by atoms with E-state index in [-0.39, 0.29) is 23.0 Å². The van der Waals surface area contributed by atoms with Crippen molar-refractivity contribution in [1.29, 1.82) is 0 Å². The molecule has 2 rings (SSSR count). The van der Waals surface area contributed by atoms with Crippen LogP contribution in [0.25, 0.3) is 0 Å². The summed E-state index contributed by atoms with van der Waals surface area (Å²) in [4.78, 5) is 15.7. The van der Waals surface area contributed by atoms with Crippen molar-refractivity contribution < 1.29 is 10.0 Å². The molecule has 0 radical (unpaired) electrons. The summed E-state index contributed by atoms with van der Waals surface area (Å²) in [5.74, 6) is 0.271. The van der Waals surface area contributed by atoms with Crippen molar-refractivity contribution >= 4 is 23.5 Å². The smallest absolute Gasteiger partial charge is 0.236 e. The van der Waals surface area contributed by atoms with E-state index in [2.05, 4.69) is 17.3 Å². The molecule has 21 heavy (non-hydrogen) atoms. The van der Waals surface area contributed by atoms with E-state index in [1.165, 1.54) is 10.5 Å². The second-order valence-electron chi connectivity index (χ2n) is 5.39. The Kier molecular flexibility index (Phi) is 5.12. The first-order chi connectivity index (χ1) is 10.0. The summed E-state index contributed by atoms with van der Waals surface area (Å²) in [5, 5.41) is 11.5. The maximum atomic E-state index is 12.7. The first-order valence-electron chi connectivity index (χ1n) is 7.04. The maximum Gasteiger partial charge on any atom is 0.236 e. The SMILES string of the molecule is CC(C)N(CCC(N)=NO)C(=O)C1Cc2ccccc2S1. The van der Waals surface area contributed by atoms with Gasteiger partial charge in [-0.05, 0) is 31.9 Å². The predicted octanol–water partition coefficient (Wildman–Crippen LogP) is 2.08. The zero-order valence-corrected chi connectivity index (χ0v) is 13.1. The van der Waals surface area contributed by atoms with Gasteiger partial charge in [0.2, 0.25) is 5.91 Å². The van der Waals surface area contributed by atoms with Crippen LogP contribution in [-0.2, 0) is 11.2 Å². The Morgan fingerprint density at radius 2 is 2.24 bits per heavy atom. The van der Waals surface area contributed by atoms with Gasteiger partial charge in [-0.25, -0.2) is 0 Å². The van der Waals surface area contributed by atoms with Crippen LogP contribution in [0.2, 0.25) is 0 Å². The summed E-state index contributed by atoms with van der Waals surface area (Å²) in [7, 11) is 0. The number of nitrogens with two attached hydrogens (primary N) is 1. The Balaban J connectivity index is 2.03. The van der Waals surface area contributed by atoms with Gasteiger partial charge in [-0.15, -0.1) is 11.8 Å². The molecule has 114 valence electrons. The van der Waals surface area contributed by atoms with Gasteiger partial charge >= 0.3 is 0 Å².